The van der Waals surface area contributed by atoms with E-state index in [9.17, 15) is 18.0 Å². The molecule has 0 aliphatic carbocycles. The quantitative estimate of drug-likeness (QED) is 0.358. The first-order valence-electron chi connectivity index (χ1n) is 9.12. The molecule has 0 atom stereocenters. The molecule has 0 radical (unpaired) electrons. The average molecular weight is 477 g/mol. The first kappa shape index (κ1) is 24.8. The molecule has 11 heteroatoms. The standard InChI is InChI=1S/C21H20N4O5S.ClH/c1-30-18-8-4-17(5-9-18)24-21(27)15-3-2-12-25(13-15)14-20(26)23-16-6-10-19(11-7-16)31(22,28)29;/h2-13H,14H2,1H3,(H3-,22,23,24,26,27,28,29);1H. The number of benzene rings is 2. The molecule has 1 aromatic heterocycles. The lowest BCUT2D eigenvalue weighted by atomic mass is 10.2. The minimum Gasteiger partial charge on any atom is -1.00 e. The zero-order valence-corrected chi connectivity index (χ0v) is 18.6. The lowest BCUT2D eigenvalue weighted by Crippen LogP contribution is -3.00. The Balaban J connectivity index is 0.00000363. The van der Waals surface area contributed by atoms with Crippen LogP contribution in [-0.2, 0) is 21.4 Å². The summed E-state index contributed by atoms with van der Waals surface area (Å²) in [5, 5.41) is 10.5. The topological polar surface area (TPSA) is 131 Å². The number of amides is 2. The number of hydrogen-bond donors (Lipinski definition) is 3. The smallest absolute Gasteiger partial charge is 0.290 e. The van der Waals surface area contributed by atoms with Crippen LogP contribution in [-0.4, -0.2) is 27.3 Å². The minimum atomic E-state index is -3.80. The summed E-state index contributed by atoms with van der Waals surface area (Å²) in [5.74, 6) is 0.0143. The van der Waals surface area contributed by atoms with E-state index in [1.807, 2.05) is 0 Å². The third kappa shape index (κ3) is 6.77. The highest BCUT2D eigenvalue weighted by Crippen LogP contribution is 2.16. The number of halogens is 1. The zero-order chi connectivity index (χ0) is 22.4. The highest BCUT2D eigenvalue weighted by molar-refractivity contribution is 7.89. The fourth-order valence-electron chi connectivity index (χ4n) is 2.73. The monoisotopic (exact) mass is 476 g/mol. The van der Waals surface area contributed by atoms with Crippen LogP contribution in [0.15, 0.2) is 78.0 Å². The van der Waals surface area contributed by atoms with E-state index in [2.05, 4.69) is 10.6 Å². The predicted octanol–water partition coefficient (Wildman–Crippen LogP) is -1.47. The molecular formula is C21H21ClN4O5S. The summed E-state index contributed by atoms with van der Waals surface area (Å²) in [6.07, 6.45) is 3.22. The number of anilines is 2. The first-order chi connectivity index (χ1) is 14.7. The van der Waals surface area contributed by atoms with Crippen molar-refractivity contribution in [1.29, 1.82) is 0 Å². The van der Waals surface area contributed by atoms with Gasteiger partial charge in [-0.2, -0.15) is 4.57 Å². The van der Waals surface area contributed by atoms with Gasteiger partial charge in [0.05, 0.1) is 12.0 Å². The van der Waals surface area contributed by atoms with Gasteiger partial charge in [0.2, 0.25) is 16.6 Å². The second kappa shape index (κ2) is 10.7. The number of rotatable bonds is 7. The highest BCUT2D eigenvalue weighted by Gasteiger charge is 2.15. The van der Waals surface area contributed by atoms with E-state index in [4.69, 9.17) is 9.88 Å². The second-order valence-electron chi connectivity index (χ2n) is 6.57. The normalized spacial score (nSPS) is 10.6. The van der Waals surface area contributed by atoms with Gasteiger partial charge < -0.3 is 27.8 Å². The van der Waals surface area contributed by atoms with Crippen LogP contribution in [0.2, 0.25) is 0 Å². The molecule has 9 nitrogen and oxygen atoms in total. The van der Waals surface area contributed by atoms with E-state index in [-0.39, 0.29) is 35.7 Å². The number of nitrogens with one attached hydrogen (secondary N) is 2. The third-order valence-corrected chi connectivity index (χ3v) is 5.19. The minimum absolute atomic E-state index is 0. The Morgan fingerprint density at radius 1 is 0.969 bits per heavy atom. The molecule has 1 heterocycles. The number of nitrogens with zero attached hydrogens (tertiary/aromatic N) is 1. The number of ether oxygens (including phenoxy) is 1. The molecule has 0 spiro atoms. The summed E-state index contributed by atoms with van der Waals surface area (Å²) in [6.45, 7) is -0.0411. The van der Waals surface area contributed by atoms with Crippen LogP contribution in [0, 0.1) is 0 Å². The molecule has 4 N–H and O–H groups in total. The van der Waals surface area contributed by atoms with Crippen molar-refractivity contribution in [1.82, 2.24) is 0 Å². The fraction of sp³-hybridized carbons (Fsp3) is 0.0952. The van der Waals surface area contributed by atoms with Crippen LogP contribution < -0.4 is 37.5 Å². The Kier molecular flexibility index (Phi) is 8.30. The SMILES string of the molecule is COc1ccc(NC(=O)c2ccc[n+](CC(=O)Nc3ccc(S(N)(=O)=O)cc3)c2)cc1.[Cl-]. The summed E-state index contributed by atoms with van der Waals surface area (Å²) in [6, 6.07) is 15.7. The summed E-state index contributed by atoms with van der Waals surface area (Å²) in [7, 11) is -2.24. The molecular weight excluding hydrogens is 456 g/mol. The lowest BCUT2D eigenvalue weighted by molar-refractivity contribution is -0.684. The molecule has 2 aromatic carbocycles. The largest absolute Gasteiger partial charge is 1.00 e. The van der Waals surface area contributed by atoms with Crippen molar-refractivity contribution in [3.8, 4) is 5.75 Å². The zero-order valence-electron chi connectivity index (χ0n) is 17.0. The lowest BCUT2D eigenvalue weighted by Gasteiger charge is -2.06. The van der Waals surface area contributed by atoms with E-state index in [0.29, 0.717) is 22.7 Å². The molecule has 168 valence electrons. The van der Waals surface area contributed by atoms with E-state index < -0.39 is 10.0 Å². The molecule has 3 rings (SSSR count). The number of methoxy groups -OCH3 is 1. The third-order valence-electron chi connectivity index (χ3n) is 4.26. The van der Waals surface area contributed by atoms with Crippen molar-refractivity contribution in [3.05, 3.63) is 78.6 Å². The average Bonchev–Trinajstić information content (AvgIpc) is 2.74. The number of pyridine rings is 1. The summed E-state index contributed by atoms with van der Waals surface area (Å²) in [5.41, 5.74) is 1.41. The van der Waals surface area contributed by atoms with Crippen molar-refractivity contribution in [2.75, 3.05) is 17.7 Å². The Morgan fingerprint density at radius 3 is 2.16 bits per heavy atom. The Hall–Kier alpha value is -3.47. The van der Waals surface area contributed by atoms with Crippen molar-refractivity contribution >= 4 is 33.2 Å². The van der Waals surface area contributed by atoms with Crippen molar-refractivity contribution in [3.63, 3.8) is 0 Å². The van der Waals surface area contributed by atoms with E-state index in [0.717, 1.165) is 0 Å². The van der Waals surface area contributed by atoms with Crippen LogP contribution in [0.25, 0.3) is 0 Å². The van der Waals surface area contributed by atoms with Crippen LogP contribution in [0.4, 0.5) is 11.4 Å². The van der Waals surface area contributed by atoms with Gasteiger partial charge in [0, 0.05) is 17.4 Å². The molecule has 3 aromatic rings. The van der Waals surface area contributed by atoms with Crippen LogP contribution in [0.1, 0.15) is 10.4 Å². The number of hydrogen-bond acceptors (Lipinski definition) is 5. The Labute approximate surface area is 191 Å². The van der Waals surface area contributed by atoms with E-state index >= 15 is 0 Å². The summed E-state index contributed by atoms with van der Waals surface area (Å²) >= 11 is 0. The molecule has 0 bridgehead atoms. The number of primary sulfonamides is 1. The van der Waals surface area contributed by atoms with Gasteiger partial charge in [-0.1, -0.05) is 0 Å². The Morgan fingerprint density at radius 2 is 1.56 bits per heavy atom. The highest BCUT2D eigenvalue weighted by atomic mass is 35.5. The predicted molar refractivity (Wildman–Crippen MR) is 114 cm³/mol. The van der Waals surface area contributed by atoms with Gasteiger partial charge in [-0.25, -0.2) is 13.6 Å². The summed E-state index contributed by atoms with van der Waals surface area (Å²) in [4.78, 5) is 24.8. The molecule has 0 aliphatic rings. The number of sulfonamides is 1. The fourth-order valence-corrected chi connectivity index (χ4v) is 3.24. The first-order valence-corrected chi connectivity index (χ1v) is 10.7. The molecule has 0 unspecified atom stereocenters. The van der Waals surface area contributed by atoms with Crippen molar-refractivity contribution < 1.29 is 39.7 Å². The van der Waals surface area contributed by atoms with Gasteiger partial charge in [0.25, 0.3) is 11.8 Å². The molecule has 0 aliphatic heterocycles. The van der Waals surface area contributed by atoms with E-state index in [1.165, 1.54) is 24.3 Å². The number of carbonyl (C=O) groups excluding carboxylic acids is 2. The molecule has 32 heavy (non-hydrogen) atoms. The maximum atomic E-state index is 12.5. The van der Waals surface area contributed by atoms with Crippen LogP contribution >= 0.6 is 0 Å². The van der Waals surface area contributed by atoms with Gasteiger partial charge in [-0.3, -0.25) is 9.59 Å². The number of aromatic nitrogens is 1. The van der Waals surface area contributed by atoms with Crippen molar-refractivity contribution in [2.45, 2.75) is 11.4 Å². The Bertz CT molecular complexity index is 1200. The molecule has 2 amide bonds. The maximum Gasteiger partial charge on any atom is 0.290 e. The van der Waals surface area contributed by atoms with Gasteiger partial charge in [0.1, 0.15) is 11.3 Å². The van der Waals surface area contributed by atoms with Gasteiger partial charge in [-0.15, -0.1) is 0 Å². The van der Waals surface area contributed by atoms with Crippen LogP contribution in [0.3, 0.4) is 0 Å². The molecule has 0 saturated carbocycles. The maximum absolute atomic E-state index is 12.5. The van der Waals surface area contributed by atoms with E-state index in [1.54, 1.807) is 60.5 Å². The van der Waals surface area contributed by atoms with Crippen molar-refractivity contribution in [2.24, 2.45) is 5.14 Å². The number of nitrogens with two attached hydrogens (primary N) is 1. The molecule has 0 fully saturated rings. The van der Waals surface area contributed by atoms with Gasteiger partial charge >= 0.3 is 0 Å². The van der Waals surface area contributed by atoms with Crippen LogP contribution in [0.5, 0.6) is 5.75 Å². The number of carbonyl (C=O) groups is 2. The van der Waals surface area contributed by atoms with Gasteiger partial charge in [0.15, 0.2) is 12.4 Å². The second-order valence-corrected chi connectivity index (χ2v) is 8.13. The molecule has 0 saturated heterocycles. The summed E-state index contributed by atoms with van der Waals surface area (Å²) < 4.78 is 29.2. The van der Waals surface area contributed by atoms with Gasteiger partial charge in [-0.05, 0) is 54.6 Å².